The first-order valence-corrected chi connectivity index (χ1v) is 8.05. The van der Waals surface area contributed by atoms with Crippen molar-refractivity contribution in [3.05, 3.63) is 12.2 Å². The zero-order valence-corrected chi connectivity index (χ0v) is 11.9. The molecule has 0 saturated heterocycles. The molecule has 0 aromatic carbocycles. The van der Waals surface area contributed by atoms with Crippen molar-refractivity contribution in [2.75, 3.05) is 0 Å². The number of rotatable bonds is 1. The van der Waals surface area contributed by atoms with Crippen LogP contribution >= 0.6 is 0 Å². The average molecular weight is 262 g/mol. The molecule has 0 spiro atoms. The zero-order chi connectivity index (χ0) is 13.5. The van der Waals surface area contributed by atoms with Gasteiger partial charge in [0.25, 0.3) is 0 Å². The van der Waals surface area contributed by atoms with Crippen molar-refractivity contribution in [3.63, 3.8) is 0 Å². The molecular formula is C17H26O2. The summed E-state index contributed by atoms with van der Waals surface area (Å²) in [5.41, 5.74) is 0. The Labute approximate surface area is 116 Å². The molecule has 2 aliphatic rings. The molecule has 19 heavy (non-hydrogen) atoms. The molecule has 0 aliphatic heterocycles. The highest BCUT2D eigenvalue weighted by Gasteiger charge is 2.34. The predicted octanol–water partition coefficient (Wildman–Crippen LogP) is 4.23. The van der Waals surface area contributed by atoms with Crippen molar-refractivity contribution in [3.8, 4) is 0 Å². The summed E-state index contributed by atoms with van der Waals surface area (Å²) in [6.07, 6.45) is 16.7. The molecular weight excluding hydrogens is 236 g/mol. The first-order valence-electron chi connectivity index (χ1n) is 8.05. The van der Waals surface area contributed by atoms with Gasteiger partial charge in [0.05, 0.1) is 5.92 Å². The van der Waals surface area contributed by atoms with E-state index in [1.807, 2.05) is 0 Å². The Morgan fingerprint density at radius 3 is 1.42 bits per heavy atom. The van der Waals surface area contributed by atoms with Gasteiger partial charge in [0.1, 0.15) is 0 Å². The van der Waals surface area contributed by atoms with Crippen LogP contribution in [0.25, 0.3) is 0 Å². The van der Waals surface area contributed by atoms with Crippen LogP contribution in [0.1, 0.15) is 70.6 Å². The number of allylic oxidation sites excluding steroid dienone is 2. The van der Waals surface area contributed by atoms with Gasteiger partial charge in [-0.05, 0) is 30.9 Å². The third-order valence-corrected chi connectivity index (χ3v) is 4.65. The minimum absolute atomic E-state index is 0.0575. The fourth-order valence-corrected chi connectivity index (χ4v) is 3.50. The maximum atomic E-state index is 11.9. The molecule has 0 aromatic rings. The van der Waals surface area contributed by atoms with Gasteiger partial charge in [0.2, 0.25) is 0 Å². The SMILES string of the molecule is O=C1C=CC(=O)C1C1CCCCCCCCCCC1. The van der Waals surface area contributed by atoms with Gasteiger partial charge in [-0.2, -0.15) is 0 Å². The number of hydrogen-bond donors (Lipinski definition) is 0. The summed E-state index contributed by atoms with van der Waals surface area (Å²) >= 11 is 0. The molecule has 1 fully saturated rings. The fraction of sp³-hybridized carbons (Fsp3) is 0.765. The molecule has 2 nitrogen and oxygen atoms in total. The Bertz CT molecular complexity index is 313. The summed E-state index contributed by atoms with van der Waals surface area (Å²) in [4.78, 5) is 23.7. The number of carbonyl (C=O) groups excluding carboxylic acids is 2. The van der Waals surface area contributed by atoms with Crippen molar-refractivity contribution in [1.29, 1.82) is 0 Å². The van der Waals surface area contributed by atoms with Crippen LogP contribution in [0.4, 0.5) is 0 Å². The first-order chi connectivity index (χ1) is 9.29. The second-order valence-electron chi connectivity index (χ2n) is 6.14. The Morgan fingerprint density at radius 1 is 0.632 bits per heavy atom. The number of carbonyl (C=O) groups is 2. The van der Waals surface area contributed by atoms with Crippen molar-refractivity contribution in [2.24, 2.45) is 11.8 Å². The van der Waals surface area contributed by atoms with E-state index in [0.29, 0.717) is 5.92 Å². The Morgan fingerprint density at radius 2 is 1.00 bits per heavy atom. The third-order valence-electron chi connectivity index (χ3n) is 4.65. The topological polar surface area (TPSA) is 34.1 Å². The van der Waals surface area contributed by atoms with Crippen LogP contribution in [0.15, 0.2) is 12.2 Å². The molecule has 2 rings (SSSR count). The largest absolute Gasteiger partial charge is 0.294 e. The van der Waals surface area contributed by atoms with Gasteiger partial charge < -0.3 is 0 Å². The number of hydrogen-bond acceptors (Lipinski definition) is 2. The molecule has 2 aliphatic carbocycles. The van der Waals surface area contributed by atoms with Crippen molar-refractivity contribution >= 4 is 11.6 Å². The van der Waals surface area contributed by atoms with E-state index in [1.54, 1.807) is 0 Å². The van der Waals surface area contributed by atoms with Gasteiger partial charge in [-0.3, -0.25) is 9.59 Å². The summed E-state index contributed by atoms with van der Waals surface area (Å²) in [6.45, 7) is 0. The van der Waals surface area contributed by atoms with Crippen LogP contribution in [0.5, 0.6) is 0 Å². The minimum atomic E-state index is -0.331. The Balaban J connectivity index is 1.91. The third kappa shape index (κ3) is 4.29. The van der Waals surface area contributed by atoms with Crippen LogP contribution in [-0.2, 0) is 9.59 Å². The van der Waals surface area contributed by atoms with Gasteiger partial charge in [-0.25, -0.2) is 0 Å². The molecule has 0 amide bonds. The van der Waals surface area contributed by atoms with E-state index < -0.39 is 0 Å². The van der Waals surface area contributed by atoms with E-state index in [0.717, 1.165) is 12.8 Å². The average Bonchev–Trinajstić information content (AvgIpc) is 2.71. The Hall–Kier alpha value is -0.920. The summed E-state index contributed by atoms with van der Waals surface area (Å²) in [6, 6.07) is 0. The first kappa shape index (κ1) is 14.5. The molecule has 0 heterocycles. The highest BCUT2D eigenvalue weighted by Crippen LogP contribution is 2.30. The summed E-state index contributed by atoms with van der Waals surface area (Å²) in [5, 5.41) is 0. The normalized spacial score (nSPS) is 25.3. The molecule has 0 radical (unpaired) electrons. The van der Waals surface area contributed by atoms with Crippen LogP contribution in [-0.4, -0.2) is 11.6 Å². The smallest absolute Gasteiger partial charge is 0.166 e. The van der Waals surface area contributed by atoms with Gasteiger partial charge >= 0.3 is 0 Å². The highest BCUT2D eigenvalue weighted by molar-refractivity contribution is 6.18. The molecule has 0 unspecified atom stereocenters. The second kappa shape index (κ2) is 7.62. The van der Waals surface area contributed by atoms with Gasteiger partial charge in [0.15, 0.2) is 11.6 Å². The van der Waals surface area contributed by atoms with Crippen molar-refractivity contribution < 1.29 is 9.59 Å². The molecule has 0 bridgehead atoms. The van der Waals surface area contributed by atoms with Crippen molar-refractivity contribution in [2.45, 2.75) is 70.6 Å². The van der Waals surface area contributed by atoms with Gasteiger partial charge in [-0.15, -0.1) is 0 Å². The van der Waals surface area contributed by atoms with Crippen LogP contribution in [0.2, 0.25) is 0 Å². The van der Waals surface area contributed by atoms with E-state index in [2.05, 4.69) is 0 Å². The van der Waals surface area contributed by atoms with E-state index in [9.17, 15) is 9.59 Å². The van der Waals surface area contributed by atoms with E-state index in [-0.39, 0.29) is 17.5 Å². The molecule has 2 heteroatoms. The highest BCUT2D eigenvalue weighted by atomic mass is 16.2. The summed E-state index contributed by atoms with van der Waals surface area (Å²) < 4.78 is 0. The molecule has 0 aromatic heterocycles. The van der Waals surface area contributed by atoms with Crippen LogP contribution < -0.4 is 0 Å². The maximum Gasteiger partial charge on any atom is 0.166 e. The van der Waals surface area contributed by atoms with E-state index >= 15 is 0 Å². The fourth-order valence-electron chi connectivity index (χ4n) is 3.50. The predicted molar refractivity (Wildman–Crippen MR) is 76.9 cm³/mol. The van der Waals surface area contributed by atoms with Gasteiger partial charge in [0, 0.05) is 0 Å². The molecule has 1 saturated carbocycles. The molecule has 106 valence electrons. The molecule has 0 N–H and O–H groups in total. The van der Waals surface area contributed by atoms with Crippen LogP contribution in [0.3, 0.4) is 0 Å². The standard InChI is InChI=1S/C17H26O2/c18-15-12-13-16(19)17(15)14-10-8-6-4-2-1-3-5-7-9-11-14/h12-14,17H,1-11H2. The van der Waals surface area contributed by atoms with Gasteiger partial charge in [-0.1, -0.05) is 57.8 Å². The Kier molecular flexibility index (Phi) is 5.81. The monoisotopic (exact) mass is 262 g/mol. The molecule has 0 atom stereocenters. The van der Waals surface area contributed by atoms with Crippen molar-refractivity contribution in [1.82, 2.24) is 0 Å². The lowest BCUT2D eigenvalue weighted by Gasteiger charge is -2.22. The number of ketones is 2. The lowest BCUT2D eigenvalue weighted by molar-refractivity contribution is -0.128. The van der Waals surface area contributed by atoms with Crippen LogP contribution in [0, 0.1) is 11.8 Å². The second-order valence-corrected chi connectivity index (χ2v) is 6.14. The van der Waals surface area contributed by atoms with E-state index in [4.69, 9.17) is 0 Å². The van der Waals surface area contributed by atoms with E-state index in [1.165, 1.54) is 69.9 Å². The summed E-state index contributed by atoms with van der Waals surface area (Å²) in [5.74, 6) is 0.0848. The lowest BCUT2D eigenvalue weighted by Crippen LogP contribution is -2.25. The summed E-state index contributed by atoms with van der Waals surface area (Å²) in [7, 11) is 0. The lowest BCUT2D eigenvalue weighted by atomic mass is 9.81. The zero-order valence-electron chi connectivity index (χ0n) is 11.9. The minimum Gasteiger partial charge on any atom is -0.294 e. The quantitative estimate of drug-likeness (QED) is 0.663. The maximum absolute atomic E-state index is 11.9.